The van der Waals surface area contributed by atoms with Crippen molar-refractivity contribution in [3.8, 4) is 0 Å². The third kappa shape index (κ3) is 3.19. The number of hydrogen-bond donors (Lipinski definition) is 0. The first-order valence-corrected chi connectivity index (χ1v) is 8.32. The smallest absolute Gasteiger partial charge is 0.230 e. The fraction of sp³-hybridized carbons (Fsp3) is 0.556. The maximum atomic E-state index is 13.0. The molecular weight excluding hydrogens is 290 g/mol. The molecule has 0 aliphatic carbocycles. The van der Waals surface area contributed by atoms with Crippen LogP contribution in [-0.4, -0.2) is 33.2 Å². The van der Waals surface area contributed by atoms with Gasteiger partial charge in [-0.25, -0.2) is 0 Å². The largest absolute Gasteiger partial charge is 0.466 e. The molecule has 5 heteroatoms. The quantitative estimate of drug-likeness (QED) is 0.870. The molecule has 2 atom stereocenters. The van der Waals surface area contributed by atoms with Crippen molar-refractivity contribution in [3.05, 3.63) is 41.1 Å². The second kappa shape index (κ2) is 6.22. The number of aromatic nitrogens is 2. The summed E-state index contributed by atoms with van der Waals surface area (Å²) >= 11 is 0. The first-order valence-electron chi connectivity index (χ1n) is 8.32. The number of likely N-dealkylation sites (tertiary alicyclic amines) is 1. The van der Waals surface area contributed by atoms with Crippen LogP contribution in [0.2, 0.25) is 0 Å². The molecule has 5 nitrogen and oxygen atoms in total. The molecule has 1 aliphatic heterocycles. The molecule has 0 saturated carbocycles. The van der Waals surface area contributed by atoms with Crippen LogP contribution in [0, 0.1) is 20.8 Å². The lowest BCUT2D eigenvalue weighted by Gasteiger charge is -2.27. The van der Waals surface area contributed by atoms with E-state index in [0.29, 0.717) is 0 Å². The molecule has 3 rings (SSSR count). The zero-order valence-electron chi connectivity index (χ0n) is 14.4. The Morgan fingerprint density at radius 3 is 2.83 bits per heavy atom. The maximum Gasteiger partial charge on any atom is 0.230 e. The number of hydrogen-bond acceptors (Lipinski definition) is 3. The molecule has 2 aromatic heterocycles. The molecule has 1 saturated heterocycles. The Bertz CT molecular complexity index is 701. The van der Waals surface area contributed by atoms with Gasteiger partial charge >= 0.3 is 0 Å². The molecule has 2 unspecified atom stereocenters. The second-order valence-electron chi connectivity index (χ2n) is 6.66. The van der Waals surface area contributed by atoms with Gasteiger partial charge in [0.1, 0.15) is 11.5 Å². The normalized spacial score (nSPS) is 19.3. The SMILES string of the molecule is Cc1cnn(CC2CCCN2C(=O)C(C)c2cc(C)oc2C)c1. The summed E-state index contributed by atoms with van der Waals surface area (Å²) in [5, 5.41) is 4.36. The Kier molecular flexibility index (Phi) is 4.28. The Hall–Kier alpha value is -2.04. The summed E-state index contributed by atoms with van der Waals surface area (Å²) in [6.07, 6.45) is 6.00. The minimum Gasteiger partial charge on any atom is -0.466 e. The van der Waals surface area contributed by atoms with E-state index in [2.05, 4.69) is 5.10 Å². The third-order valence-electron chi connectivity index (χ3n) is 4.74. The van der Waals surface area contributed by atoms with Crippen LogP contribution in [0.15, 0.2) is 22.9 Å². The molecule has 0 bridgehead atoms. The Morgan fingerprint density at radius 2 is 2.22 bits per heavy atom. The van der Waals surface area contributed by atoms with Gasteiger partial charge in [-0.1, -0.05) is 0 Å². The first kappa shape index (κ1) is 15.8. The molecule has 2 aromatic rings. The molecule has 3 heterocycles. The van der Waals surface area contributed by atoms with E-state index in [1.165, 1.54) is 0 Å². The third-order valence-corrected chi connectivity index (χ3v) is 4.74. The van der Waals surface area contributed by atoms with Crippen molar-refractivity contribution in [2.24, 2.45) is 0 Å². The lowest BCUT2D eigenvalue weighted by Crippen LogP contribution is -2.40. The van der Waals surface area contributed by atoms with E-state index in [4.69, 9.17) is 4.42 Å². The van der Waals surface area contributed by atoms with E-state index < -0.39 is 0 Å². The van der Waals surface area contributed by atoms with Crippen LogP contribution in [0.4, 0.5) is 0 Å². The molecule has 1 amide bonds. The zero-order chi connectivity index (χ0) is 16.6. The monoisotopic (exact) mass is 315 g/mol. The van der Waals surface area contributed by atoms with Gasteiger partial charge < -0.3 is 9.32 Å². The highest BCUT2D eigenvalue weighted by Gasteiger charge is 2.33. The maximum absolute atomic E-state index is 13.0. The average Bonchev–Trinajstić information content (AvgIpc) is 3.19. The summed E-state index contributed by atoms with van der Waals surface area (Å²) < 4.78 is 7.54. The summed E-state index contributed by atoms with van der Waals surface area (Å²) in [6, 6.07) is 2.22. The standard InChI is InChI=1S/C18H25N3O2/c1-12-9-19-20(10-12)11-16-6-5-7-21(16)18(22)14(3)17-8-13(2)23-15(17)4/h8-10,14,16H,5-7,11H2,1-4H3. The molecule has 1 aliphatic rings. The fourth-order valence-corrected chi connectivity index (χ4v) is 3.56. The van der Waals surface area contributed by atoms with Crippen LogP contribution >= 0.6 is 0 Å². The van der Waals surface area contributed by atoms with Gasteiger partial charge in [-0.15, -0.1) is 0 Å². The number of nitrogens with zero attached hydrogens (tertiary/aromatic N) is 3. The van der Waals surface area contributed by atoms with Gasteiger partial charge in [0.05, 0.1) is 24.7 Å². The molecule has 0 N–H and O–H groups in total. The lowest BCUT2D eigenvalue weighted by atomic mass is 9.99. The van der Waals surface area contributed by atoms with Gasteiger partial charge in [0, 0.05) is 18.3 Å². The van der Waals surface area contributed by atoms with E-state index in [0.717, 1.165) is 48.6 Å². The van der Waals surface area contributed by atoms with Crippen molar-refractivity contribution in [2.45, 2.75) is 59.0 Å². The van der Waals surface area contributed by atoms with Crippen molar-refractivity contribution in [2.75, 3.05) is 6.54 Å². The predicted molar refractivity (Wildman–Crippen MR) is 88.3 cm³/mol. The van der Waals surface area contributed by atoms with Crippen molar-refractivity contribution in [1.29, 1.82) is 0 Å². The molecule has 23 heavy (non-hydrogen) atoms. The van der Waals surface area contributed by atoms with E-state index >= 15 is 0 Å². The van der Waals surface area contributed by atoms with Crippen molar-refractivity contribution in [3.63, 3.8) is 0 Å². The molecule has 124 valence electrons. The van der Waals surface area contributed by atoms with Crippen LogP contribution in [0.5, 0.6) is 0 Å². The topological polar surface area (TPSA) is 51.3 Å². The second-order valence-corrected chi connectivity index (χ2v) is 6.66. The van der Waals surface area contributed by atoms with E-state index in [-0.39, 0.29) is 17.9 Å². The van der Waals surface area contributed by atoms with Gasteiger partial charge in [0.25, 0.3) is 0 Å². The van der Waals surface area contributed by atoms with E-state index in [1.54, 1.807) is 0 Å². The highest BCUT2D eigenvalue weighted by molar-refractivity contribution is 5.84. The summed E-state index contributed by atoms with van der Waals surface area (Å²) in [4.78, 5) is 15.0. The first-order chi connectivity index (χ1) is 11.0. The highest BCUT2D eigenvalue weighted by Crippen LogP contribution is 2.28. The number of aryl methyl sites for hydroxylation is 3. The van der Waals surface area contributed by atoms with Crippen molar-refractivity contribution >= 4 is 5.91 Å². The lowest BCUT2D eigenvalue weighted by molar-refractivity contribution is -0.133. The minimum atomic E-state index is -0.160. The van der Waals surface area contributed by atoms with Gasteiger partial charge in [-0.3, -0.25) is 9.48 Å². The molecule has 0 radical (unpaired) electrons. The Balaban J connectivity index is 1.73. The van der Waals surface area contributed by atoms with Crippen molar-refractivity contribution in [1.82, 2.24) is 14.7 Å². The van der Waals surface area contributed by atoms with Crippen molar-refractivity contribution < 1.29 is 9.21 Å². The van der Waals surface area contributed by atoms with E-state index in [1.807, 2.05) is 55.7 Å². The Labute approximate surface area is 137 Å². The molecule has 0 spiro atoms. The Morgan fingerprint density at radius 1 is 1.43 bits per heavy atom. The predicted octanol–water partition coefficient (Wildman–Crippen LogP) is 3.20. The number of carbonyl (C=O) groups is 1. The average molecular weight is 315 g/mol. The van der Waals surface area contributed by atoms with Crippen LogP contribution < -0.4 is 0 Å². The minimum absolute atomic E-state index is 0.160. The fourth-order valence-electron chi connectivity index (χ4n) is 3.56. The van der Waals surface area contributed by atoms with Gasteiger partial charge in [0.2, 0.25) is 5.91 Å². The summed E-state index contributed by atoms with van der Waals surface area (Å²) in [7, 11) is 0. The van der Waals surface area contributed by atoms with Crippen LogP contribution in [-0.2, 0) is 11.3 Å². The summed E-state index contributed by atoms with van der Waals surface area (Å²) in [6.45, 7) is 9.48. The van der Waals surface area contributed by atoms with Gasteiger partial charge in [-0.05, 0) is 52.2 Å². The summed E-state index contributed by atoms with van der Waals surface area (Å²) in [5.41, 5.74) is 2.16. The van der Waals surface area contributed by atoms with Gasteiger partial charge in [0.15, 0.2) is 0 Å². The zero-order valence-corrected chi connectivity index (χ0v) is 14.4. The number of furan rings is 1. The van der Waals surface area contributed by atoms with Crippen LogP contribution in [0.25, 0.3) is 0 Å². The van der Waals surface area contributed by atoms with Crippen LogP contribution in [0.3, 0.4) is 0 Å². The number of rotatable bonds is 4. The summed E-state index contributed by atoms with van der Waals surface area (Å²) in [5.74, 6) is 1.75. The number of carbonyl (C=O) groups excluding carboxylic acids is 1. The van der Waals surface area contributed by atoms with Gasteiger partial charge in [-0.2, -0.15) is 5.10 Å². The molecule has 0 aromatic carbocycles. The highest BCUT2D eigenvalue weighted by atomic mass is 16.3. The number of amides is 1. The van der Waals surface area contributed by atoms with E-state index in [9.17, 15) is 4.79 Å². The molecular formula is C18H25N3O2. The molecule has 1 fully saturated rings. The van der Waals surface area contributed by atoms with Crippen LogP contribution in [0.1, 0.15) is 48.3 Å².